The predicted molar refractivity (Wildman–Crippen MR) is 126 cm³/mol. The smallest absolute Gasteiger partial charge is 0.318 e. The number of nitrogens with zero attached hydrogens (tertiary/aromatic N) is 3. The van der Waals surface area contributed by atoms with Crippen LogP contribution in [0.4, 0.5) is 4.79 Å². The summed E-state index contributed by atoms with van der Waals surface area (Å²) in [6.07, 6.45) is 3.53. The van der Waals surface area contributed by atoms with Crippen LogP contribution in [0.3, 0.4) is 0 Å². The molecule has 1 aromatic rings. The molecule has 10 nitrogen and oxygen atoms in total. The number of urea groups is 1. The van der Waals surface area contributed by atoms with E-state index in [2.05, 4.69) is 25.8 Å². The number of fused-ring (bicyclic) bond motifs is 2. The number of likely N-dealkylation sites (tertiary alicyclic amines) is 1. The van der Waals surface area contributed by atoms with Gasteiger partial charge >= 0.3 is 6.03 Å². The quantitative estimate of drug-likeness (QED) is 0.530. The molecule has 0 spiro atoms. The molecule has 0 aromatic heterocycles. The Kier molecular flexibility index (Phi) is 5.72. The van der Waals surface area contributed by atoms with Gasteiger partial charge < -0.3 is 20.4 Å². The summed E-state index contributed by atoms with van der Waals surface area (Å²) in [4.78, 5) is 56.2. The Morgan fingerprint density at radius 2 is 1.83 bits per heavy atom. The third-order valence-electron chi connectivity index (χ3n) is 8.30. The van der Waals surface area contributed by atoms with Crippen LogP contribution in [-0.4, -0.2) is 88.8 Å². The highest BCUT2D eigenvalue weighted by molar-refractivity contribution is 6.06. The van der Waals surface area contributed by atoms with Crippen LogP contribution in [0.5, 0.6) is 0 Å². The second kappa shape index (κ2) is 8.91. The third kappa shape index (κ3) is 3.98. The van der Waals surface area contributed by atoms with Gasteiger partial charge in [0, 0.05) is 44.2 Å². The maximum Gasteiger partial charge on any atom is 0.318 e. The van der Waals surface area contributed by atoms with Crippen molar-refractivity contribution in [2.24, 2.45) is 0 Å². The average molecular weight is 481 g/mol. The SMILES string of the molecule is O=C1CCC(N2Cc3cccc(CN4CCC5C(C4)NC(=O)N5C4CCNCC4)c3C2=O)C(=O)N1. The minimum atomic E-state index is -0.606. The summed E-state index contributed by atoms with van der Waals surface area (Å²) >= 11 is 0. The molecule has 5 aliphatic heterocycles. The zero-order valence-electron chi connectivity index (χ0n) is 19.8. The Balaban J connectivity index is 1.14. The second-order valence-electron chi connectivity index (χ2n) is 10.4. The van der Waals surface area contributed by atoms with Gasteiger partial charge in [0.25, 0.3) is 5.91 Å². The Hall–Kier alpha value is -2.98. The van der Waals surface area contributed by atoms with E-state index in [9.17, 15) is 19.2 Å². The molecule has 3 N–H and O–H groups in total. The summed E-state index contributed by atoms with van der Waals surface area (Å²) in [5.41, 5.74) is 2.57. The first kappa shape index (κ1) is 22.5. The van der Waals surface area contributed by atoms with Crippen LogP contribution in [-0.2, 0) is 22.7 Å². The van der Waals surface area contributed by atoms with Crippen molar-refractivity contribution in [2.75, 3.05) is 26.2 Å². The Morgan fingerprint density at radius 3 is 2.63 bits per heavy atom. The lowest BCUT2D eigenvalue weighted by Gasteiger charge is -2.40. The van der Waals surface area contributed by atoms with Gasteiger partial charge in [0.15, 0.2) is 0 Å². The fraction of sp³-hybridized carbons (Fsp3) is 0.600. The lowest BCUT2D eigenvalue weighted by atomic mass is 9.95. The van der Waals surface area contributed by atoms with Crippen LogP contribution in [0.2, 0.25) is 0 Å². The van der Waals surface area contributed by atoms with Crippen LogP contribution in [0.15, 0.2) is 18.2 Å². The number of benzene rings is 1. The number of imide groups is 1. The van der Waals surface area contributed by atoms with Crippen molar-refractivity contribution < 1.29 is 19.2 Å². The Morgan fingerprint density at radius 1 is 1.00 bits per heavy atom. The maximum atomic E-state index is 13.4. The van der Waals surface area contributed by atoms with Gasteiger partial charge in [-0.3, -0.25) is 24.6 Å². The number of hydrogen-bond donors (Lipinski definition) is 3. The monoisotopic (exact) mass is 480 g/mol. The van der Waals surface area contributed by atoms with E-state index in [-0.39, 0.29) is 42.3 Å². The van der Waals surface area contributed by atoms with Crippen molar-refractivity contribution in [1.29, 1.82) is 0 Å². The molecule has 0 aliphatic carbocycles. The largest absolute Gasteiger partial charge is 0.332 e. The number of amides is 5. The fourth-order valence-electron chi connectivity index (χ4n) is 6.59. The van der Waals surface area contributed by atoms with E-state index < -0.39 is 6.04 Å². The molecule has 0 saturated carbocycles. The summed E-state index contributed by atoms with van der Waals surface area (Å²) in [6, 6.07) is 6.00. The molecule has 186 valence electrons. The molecule has 4 fully saturated rings. The number of rotatable bonds is 4. The van der Waals surface area contributed by atoms with Gasteiger partial charge in [-0.2, -0.15) is 0 Å². The second-order valence-corrected chi connectivity index (χ2v) is 10.4. The standard InChI is InChI=1S/C25H32N6O4/c32-21-5-4-20(23(33)28-21)30-13-16-3-1-2-15(22(16)24(30)34)12-29-11-8-19-18(14-29)27-25(35)31(19)17-6-9-26-10-7-17/h1-3,17-20,26H,4-14H2,(H,27,35)(H,28,32,33). The van der Waals surface area contributed by atoms with Crippen LogP contribution in [0.25, 0.3) is 0 Å². The molecule has 5 aliphatic rings. The summed E-state index contributed by atoms with van der Waals surface area (Å²) < 4.78 is 0. The highest BCUT2D eigenvalue weighted by atomic mass is 16.2. The zero-order chi connectivity index (χ0) is 24.1. The molecule has 0 bridgehead atoms. The lowest BCUT2D eigenvalue weighted by molar-refractivity contribution is -0.136. The zero-order valence-corrected chi connectivity index (χ0v) is 19.8. The van der Waals surface area contributed by atoms with Crippen molar-refractivity contribution in [2.45, 2.75) is 69.4 Å². The van der Waals surface area contributed by atoms with Crippen molar-refractivity contribution >= 4 is 23.8 Å². The fourth-order valence-corrected chi connectivity index (χ4v) is 6.59. The lowest BCUT2D eigenvalue weighted by Crippen LogP contribution is -2.54. The van der Waals surface area contributed by atoms with Crippen molar-refractivity contribution in [1.82, 2.24) is 30.7 Å². The van der Waals surface area contributed by atoms with Gasteiger partial charge in [0.2, 0.25) is 11.8 Å². The molecule has 1 aromatic carbocycles. The molecule has 35 heavy (non-hydrogen) atoms. The van der Waals surface area contributed by atoms with Crippen LogP contribution in [0.1, 0.15) is 53.6 Å². The Bertz CT molecular complexity index is 1070. The highest BCUT2D eigenvalue weighted by Crippen LogP contribution is 2.32. The van der Waals surface area contributed by atoms with E-state index in [1.54, 1.807) is 4.90 Å². The van der Waals surface area contributed by atoms with Crippen LogP contribution in [0, 0.1) is 0 Å². The molecule has 4 saturated heterocycles. The molecule has 3 atom stereocenters. The first-order valence-electron chi connectivity index (χ1n) is 12.8. The van der Waals surface area contributed by atoms with Crippen LogP contribution >= 0.6 is 0 Å². The number of carbonyl (C=O) groups excluding carboxylic acids is 4. The highest BCUT2D eigenvalue weighted by Gasteiger charge is 2.46. The molecular weight excluding hydrogens is 448 g/mol. The van der Waals surface area contributed by atoms with Crippen LogP contribution < -0.4 is 16.0 Å². The van der Waals surface area contributed by atoms with E-state index in [0.717, 1.165) is 56.6 Å². The van der Waals surface area contributed by atoms with E-state index in [1.165, 1.54) is 0 Å². The number of nitrogens with one attached hydrogen (secondary N) is 3. The van der Waals surface area contributed by atoms with Gasteiger partial charge in [-0.1, -0.05) is 18.2 Å². The molecule has 3 unspecified atom stereocenters. The van der Waals surface area contributed by atoms with Crippen molar-refractivity contribution in [3.8, 4) is 0 Å². The number of hydrogen-bond acceptors (Lipinski definition) is 6. The number of carbonyl (C=O) groups is 4. The molecule has 6 rings (SSSR count). The third-order valence-corrected chi connectivity index (χ3v) is 8.30. The molecular formula is C25H32N6O4. The Labute approximate surface area is 204 Å². The number of piperidine rings is 3. The molecule has 5 amide bonds. The first-order valence-corrected chi connectivity index (χ1v) is 12.8. The van der Waals surface area contributed by atoms with E-state index >= 15 is 0 Å². The minimum absolute atomic E-state index is 0.0596. The summed E-state index contributed by atoms with van der Waals surface area (Å²) in [6.45, 7) is 4.56. The van der Waals surface area contributed by atoms with Gasteiger partial charge in [0.1, 0.15) is 6.04 Å². The van der Waals surface area contributed by atoms with Gasteiger partial charge in [-0.25, -0.2) is 4.79 Å². The summed E-state index contributed by atoms with van der Waals surface area (Å²) in [7, 11) is 0. The topological polar surface area (TPSA) is 114 Å². The van der Waals surface area contributed by atoms with E-state index in [1.807, 2.05) is 18.2 Å². The maximum absolute atomic E-state index is 13.4. The van der Waals surface area contributed by atoms with Gasteiger partial charge in [-0.15, -0.1) is 0 Å². The van der Waals surface area contributed by atoms with Gasteiger partial charge in [0.05, 0.1) is 12.1 Å². The molecule has 0 radical (unpaired) electrons. The minimum Gasteiger partial charge on any atom is -0.332 e. The normalized spacial score (nSPS) is 29.8. The van der Waals surface area contributed by atoms with Crippen molar-refractivity contribution in [3.05, 3.63) is 34.9 Å². The van der Waals surface area contributed by atoms with Crippen molar-refractivity contribution in [3.63, 3.8) is 0 Å². The first-order chi connectivity index (χ1) is 17.0. The molecule has 10 heteroatoms. The van der Waals surface area contributed by atoms with Gasteiger partial charge in [-0.05, 0) is 49.9 Å². The summed E-state index contributed by atoms with van der Waals surface area (Å²) in [5.74, 6) is -0.801. The predicted octanol–water partition coefficient (Wildman–Crippen LogP) is 0.168. The average Bonchev–Trinajstić information content (AvgIpc) is 3.36. The van der Waals surface area contributed by atoms with E-state index in [4.69, 9.17) is 0 Å². The van der Waals surface area contributed by atoms with E-state index in [0.29, 0.717) is 31.1 Å². The molecule has 5 heterocycles. The summed E-state index contributed by atoms with van der Waals surface area (Å²) in [5, 5.41) is 8.96.